The number of nitrogens with one attached hydrogen (secondary N) is 6. The first-order valence-electron chi connectivity index (χ1n) is 26.7. The second-order valence-corrected chi connectivity index (χ2v) is 24.3. The molecule has 2 aromatic heterocycles. The molecule has 23 nitrogen and oxygen atoms in total. The number of aromatic nitrogens is 4. The molecule has 0 saturated heterocycles. The molecule has 7 N–H and O–H groups in total. The standard InChI is InChI=1S/C59H64N10O13S3/c1-58(2,3)80-57(73)66-51(40-83-82-81-74)54(71)60-32-33-65-84(75,76)48-26-21-41(22-27-48)42-23-28-49(29-24-42)85(77,78)67-50(55(72)79-4)39-63-53(70)43-25-30-52-44(37-43)38-64-69(52)35-14-31-61-56-62-34-36-68(56)59(45-15-8-5-9-16-45,46-17-10-6-11-18-46)47-19-12-7-13-20-47/h5-13,15-30,34,36-38,50-51,65,67,74H,14,31-33,35,39-40H2,1-4H3,(H,60,71)(H,61,62)(H,63,70)(H,66,73)/t50-,51-/m0/s1. The summed E-state index contributed by atoms with van der Waals surface area (Å²) >= 11 is 0.523. The molecule has 0 aliphatic rings. The molecule has 0 unspecified atom stereocenters. The predicted octanol–water partition coefficient (Wildman–Crippen LogP) is 6.85. The molecule has 446 valence electrons. The van der Waals surface area contributed by atoms with Crippen LogP contribution in [0.2, 0.25) is 0 Å². The van der Waals surface area contributed by atoms with Crippen molar-refractivity contribution < 1.29 is 60.1 Å². The highest BCUT2D eigenvalue weighted by atomic mass is 32.2. The number of rotatable bonds is 28. The third-order valence-electron chi connectivity index (χ3n) is 13.3. The zero-order chi connectivity index (χ0) is 60.6. The molecular weight excluding hydrogens is 1150 g/mol. The zero-order valence-electron chi connectivity index (χ0n) is 46.7. The van der Waals surface area contributed by atoms with Crippen LogP contribution in [0, 0.1) is 0 Å². The number of carbonyl (C=O) groups is 4. The van der Waals surface area contributed by atoms with Crippen LogP contribution in [0.25, 0.3) is 22.0 Å². The number of alkyl carbamates (subject to hydrolysis) is 1. The molecule has 0 radical (unpaired) electrons. The molecule has 0 saturated carbocycles. The fraction of sp³-hybridized carbons (Fsp3) is 0.254. The molecule has 0 aliphatic heterocycles. The van der Waals surface area contributed by atoms with E-state index in [1.165, 1.54) is 48.5 Å². The first kappa shape index (κ1) is 62.6. The van der Waals surface area contributed by atoms with Gasteiger partial charge in [0.25, 0.3) is 5.91 Å². The average Bonchev–Trinajstić information content (AvgIpc) is 2.46. The van der Waals surface area contributed by atoms with Crippen LogP contribution >= 0.6 is 12.0 Å². The van der Waals surface area contributed by atoms with Gasteiger partial charge < -0.3 is 30.7 Å². The summed E-state index contributed by atoms with van der Waals surface area (Å²) in [5, 5.41) is 28.3. The number of sulfonamides is 2. The summed E-state index contributed by atoms with van der Waals surface area (Å²) in [6, 6.07) is 44.8. The van der Waals surface area contributed by atoms with Crippen molar-refractivity contribution in [3.8, 4) is 11.1 Å². The molecule has 0 fully saturated rings. The van der Waals surface area contributed by atoms with E-state index in [0.29, 0.717) is 54.0 Å². The fourth-order valence-corrected chi connectivity index (χ4v) is 12.0. The lowest BCUT2D eigenvalue weighted by Gasteiger charge is -2.38. The van der Waals surface area contributed by atoms with Crippen molar-refractivity contribution in [1.29, 1.82) is 0 Å². The molecule has 6 aromatic carbocycles. The number of amides is 3. The van der Waals surface area contributed by atoms with E-state index in [4.69, 9.17) is 19.7 Å². The number of benzene rings is 6. The van der Waals surface area contributed by atoms with E-state index in [2.05, 4.69) is 86.1 Å². The van der Waals surface area contributed by atoms with E-state index < -0.39 is 73.7 Å². The third kappa shape index (κ3) is 15.8. The van der Waals surface area contributed by atoms with E-state index in [-0.39, 0.29) is 34.2 Å². The number of hydrogen-bond donors (Lipinski definition) is 7. The maximum absolute atomic E-state index is 13.6. The Hall–Kier alpha value is -8.47. The lowest BCUT2D eigenvalue weighted by Crippen LogP contribution is -2.50. The molecule has 26 heteroatoms. The monoisotopic (exact) mass is 1220 g/mol. The van der Waals surface area contributed by atoms with Gasteiger partial charge in [-0.25, -0.2) is 36.6 Å². The summed E-state index contributed by atoms with van der Waals surface area (Å²) in [5.74, 6) is -1.72. The molecule has 0 aliphatic carbocycles. The van der Waals surface area contributed by atoms with Gasteiger partial charge in [0.05, 0.1) is 34.4 Å². The number of ether oxygens (including phenoxy) is 2. The van der Waals surface area contributed by atoms with Crippen LogP contribution in [-0.2, 0) is 60.6 Å². The van der Waals surface area contributed by atoms with Crippen LogP contribution in [0.4, 0.5) is 10.7 Å². The maximum atomic E-state index is 13.6. The minimum Gasteiger partial charge on any atom is -0.468 e. The van der Waals surface area contributed by atoms with Gasteiger partial charge in [-0.2, -0.15) is 9.82 Å². The topological polar surface area (TPSA) is 302 Å². The highest BCUT2D eigenvalue weighted by Crippen LogP contribution is 2.42. The number of nitrogens with zero attached hydrogens (tertiary/aromatic N) is 4. The molecule has 85 heavy (non-hydrogen) atoms. The molecule has 8 aromatic rings. The molecule has 0 spiro atoms. The first-order valence-corrected chi connectivity index (χ1v) is 30.6. The summed E-state index contributed by atoms with van der Waals surface area (Å²) in [6.45, 7) is 5.17. The van der Waals surface area contributed by atoms with Crippen molar-refractivity contribution >= 4 is 72.8 Å². The summed E-state index contributed by atoms with van der Waals surface area (Å²) < 4.78 is 76.6. The first-order chi connectivity index (χ1) is 40.8. The van der Waals surface area contributed by atoms with Crippen LogP contribution in [0.1, 0.15) is 54.2 Å². The maximum Gasteiger partial charge on any atom is 0.408 e. The number of hydrogen-bond acceptors (Lipinski definition) is 17. The van der Waals surface area contributed by atoms with E-state index in [9.17, 15) is 36.0 Å². The lowest BCUT2D eigenvalue weighted by molar-refractivity contribution is -0.432. The second-order valence-electron chi connectivity index (χ2n) is 20.1. The molecule has 2 heterocycles. The van der Waals surface area contributed by atoms with Gasteiger partial charge in [-0.05, 0) is 97.5 Å². The summed E-state index contributed by atoms with van der Waals surface area (Å²) in [7, 11) is -7.33. The Labute approximate surface area is 496 Å². The minimum atomic E-state index is -4.36. The van der Waals surface area contributed by atoms with Crippen LogP contribution in [0.3, 0.4) is 0 Å². The Morgan fingerprint density at radius 1 is 0.706 bits per heavy atom. The van der Waals surface area contributed by atoms with Crippen LogP contribution < -0.4 is 30.7 Å². The van der Waals surface area contributed by atoms with Crippen molar-refractivity contribution in [2.24, 2.45) is 0 Å². The second kappa shape index (κ2) is 28.4. The highest BCUT2D eigenvalue weighted by molar-refractivity contribution is 7.94. The average molecular weight is 1220 g/mol. The Morgan fingerprint density at radius 2 is 1.29 bits per heavy atom. The largest absolute Gasteiger partial charge is 0.468 e. The van der Waals surface area contributed by atoms with E-state index >= 15 is 0 Å². The number of anilines is 1. The zero-order valence-corrected chi connectivity index (χ0v) is 49.2. The SMILES string of the molecule is COC(=O)[C@H](CNC(=O)c1ccc2c(cnn2CCCNc2nccn2C(c2ccccc2)(c2ccccc2)c2ccccc2)c1)NS(=O)(=O)c1ccc(-c2ccc(S(=O)(=O)NCCNC(=O)[C@H](CSOOO)NC(=O)OC(C)(C)C)cc2)cc1. The number of methoxy groups -OCH3 is 1. The fourth-order valence-electron chi connectivity index (χ4n) is 9.34. The summed E-state index contributed by atoms with van der Waals surface area (Å²) in [6.07, 6.45) is 5.24. The van der Waals surface area contributed by atoms with Crippen molar-refractivity contribution in [1.82, 2.24) is 44.7 Å². The third-order valence-corrected chi connectivity index (χ3v) is 16.9. The Bertz CT molecular complexity index is 3680. The van der Waals surface area contributed by atoms with Gasteiger partial charge in [0.2, 0.25) is 31.9 Å². The number of esters is 1. The van der Waals surface area contributed by atoms with Crippen LogP contribution in [-0.4, -0.2) is 122 Å². The summed E-state index contributed by atoms with van der Waals surface area (Å²) in [4.78, 5) is 56.0. The van der Waals surface area contributed by atoms with Crippen molar-refractivity contribution in [2.45, 2.75) is 66.8 Å². The van der Waals surface area contributed by atoms with E-state index in [1.807, 2.05) is 65.5 Å². The number of imidazole rings is 1. The van der Waals surface area contributed by atoms with Crippen LogP contribution in [0.5, 0.6) is 0 Å². The number of aryl methyl sites for hydroxylation is 1. The number of fused-ring (bicyclic) bond motifs is 1. The molecule has 8 rings (SSSR count). The van der Waals surface area contributed by atoms with Crippen molar-refractivity contribution in [3.63, 3.8) is 0 Å². The van der Waals surface area contributed by atoms with Gasteiger partial charge in [0.1, 0.15) is 23.2 Å². The normalized spacial score (nSPS) is 12.7. The molecule has 0 bridgehead atoms. The molecular formula is C59H64N10O13S3. The predicted molar refractivity (Wildman–Crippen MR) is 319 cm³/mol. The van der Waals surface area contributed by atoms with E-state index in [1.54, 1.807) is 51.4 Å². The summed E-state index contributed by atoms with van der Waals surface area (Å²) in [5.41, 5.74) is 3.75. The smallest absolute Gasteiger partial charge is 0.408 e. The van der Waals surface area contributed by atoms with E-state index in [0.717, 1.165) is 29.3 Å². The quantitative estimate of drug-likeness (QED) is 0.00659. The van der Waals surface area contributed by atoms with Crippen molar-refractivity contribution in [2.75, 3.05) is 44.4 Å². The lowest BCUT2D eigenvalue weighted by atomic mass is 9.76. The van der Waals surface area contributed by atoms with Gasteiger partial charge in [-0.3, -0.25) is 23.6 Å². The molecule has 2 atom stereocenters. The van der Waals surface area contributed by atoms with Crippen molar-refractivity contribution in [3.05, 3.63) is 199 Å². The van der Waals surface area contributed by atoms with Gasteiger partial charge in [0.15, 0.2) is 0 Å². The van der Waals surface area contributed by atoms with Gasteiger partial charge >= 0.3 is 12.1 Å². The van der Waals surface area contributed by atoms with Gasteiger partial charge in [-0.1, -0.05) is 120 Å². The Kier molecular flexibility index (Phi) is 20.9. The number of carbonyl (C=O) groups excluding carboxylic acids is 4. The highest BCUT2D eigenvalue weighted by Gasteiger charge is 2.40. The van der Waals surface area contributed by atoms with Gasteiger partial charge in [0, 0.05) is 68.1 Å². The van der Waals surface area contributed by atoms with Gasteiger partial charge in [-0.15, -0.1) is 4.33 Å². The molecule has 3 amide bonds. The van der Waals surface area contributed by atoms with Crippen LogP contribution in [0.15, 0.2) is 186 Å². The Morgan fingerprint density at radius 3 is 1.86 bits per heavy atom. The minimum absolute atomic E-state index is 0.0998. The Balaban J connectivity index is 0.831.